The summed E-state index contributed by atoms with van der Waals surface area (Å²) in [5.74, 6) is -0.563. The van der Waals surface area contributed by atoms with Crippen LogP contribution in [0.25, 0.3) is 0 Å². The zero-order valence-corrected chi connectivity index (χ0v) is 13.9. The second-order valence-electron chi connectivity index (χ2n) is 4.40. The molecule has 0 spiro atoms. The Kier molecular flexibility index (Phi) is 5.89. The first kappa shape index (κ1) is 17.2. The maximum absolute atomic E-state index is 12.1. The zero-order chi connectivity index (χ0) is 16.8. The van der Waals surface area contributed by atoms with Crippen LogP contribution in [-0.2, 0) is 4.79 Å². The minimum absolute atomic E-state index is 0.115. The third-order valence-corrected chi connectivity index (χ3v) is 3.53. The number of carbonyl (C=O) groups excluding carboxylic acids is 1. The van der Waals surface area contributed by atoms with Crippen LogP contribution < -0.4 is 10.6 Å². The van der Waals surface area contributed by atoms with E-state index in [1.807, 2.05) is 6.07 Å². The first-order valence-electron chi connectivity index (χ1n) is 6.38. The van der Waals surface area contributed by atoms with Gasteiger partial charge in [0.2, 0.25) is 0 Å². The van der Waals surface area contributed by atoms with E-state index in [4.69, 9.17) is 40.1 Å². The normalized spacial score (nSPS) is 10.8. The molecule has 0 heterocycles. The van der Waals surface area contributed by atoms with Crippen molar-refractivity contribution in [1.82, 2.24) is 0 Å². The predicted octanol–water partition coefficient (Wildman–Crippen LogP) is 5.10. The molecule has 0 saturated heterocycles. The van der Waals surface area contributed by atoms with Crippen molar-refractivity contribution >= 4 is 52.1 Å². The summed E-state index contributed by atoms with van der Waals surface area (Å²) < 4.78 is 0. The van der Waals surface area contributed by atoms with Crippen molar-refractivity contribution in [2.75, 3.05) is 10.6 Å². The van der Waals surface area contributed by atoms with Crippen LogP contribution in [0.5, 0.6) is 0 Å². The highest BCUT2D eigenvalue weighted by molar-refractivity contribution is 6.36. The largest absolute Gasteiger partial charge is 0.359 e. The molecule has 0 atom stereocenters. The van der Waals surface area contributed by atoms with Crippen molar-refractivity contribution in [2.45, 2.75) is 0 Å². The molecule has 0 aliphatic rings. The molecule has 0 saturated carbocycles. The minimum Gasteiger partial charge on any atom is -0.359 e. The molecule has 2 aromatic rings. The highest BCUT2D eigenvalue weighted by Crippen LogP contribution is 2.25. The summed E-state index contributed by atoms with van der Waals surface area (Å²) in [7, 11) is 0. The molecule has 2 rings (SSSR count). The number of anilines is 2. The molecule has 0 unspecified atom stereocenters. The zero-order valence-electron chi connectivity index (χ0n) is 11.6. The van der Waals surface area contributed by atoms with E-state index in [1.54, 1.807) is 42.5 Å². The minimum atomic E-state index is -0.563. The van der Waals surface area contributed by atoms with Crippen LogP contribution in [0.1, 0.15) is 0 Å². The van der Waals surface area contributed by atoms with E-state index < -0.39 is 5.91 Å². The van der Waals surface area contributed by atoms with Crippen molar-refractivity contribution in [3.8, 4) is 6.07 Å². The van der Waals surface area contributed by atoms with Gasteiger partial charge in [-0.1, -0.05) is 40.9 Å². The van der Waals surface area contributed by atoms with Crippen LogP contribution >= 0.6 is 34.8 Å². The topological polar surface area (TPSA) is 64.9 Å². The molecule has 7 heteroatoms. The van der Waals surface area contributed by atoms with E-state index in [2.05, 4.69) is 10.6 Å². The highest BCUT2D eigenvalue weighted by atomic mass is 35.5. The first-order valence-corrected chi connectivity index (χ1v) is 7.52. The van der Waals surface area contributed by atoms with Crippen molar-refractivity contribution in [3.63, 3.8) is 0 Å². The average Bonchev–Trinajstić information content (AvgIpc) is 2.49. The Balaban J connectivity index is 2.12. The fraction of sp³-hybridized carbons (Fsp3) is 0. The molecule has 23 heavy (non-hydrogen) atoms. The van der Waals surface area contributed by atoms with Crippen molar-refractivity contribution in [2.24, 2.45) is 0 Å². The van der Waals surface area contributed by atoms with Gasteiger partial charge in [-0.05, 0) is 36.4 Å². The lowest BCUT2D eigenvalue weighted by atomic mass is 10.2. The summed E-state index contributed by atoms with van der Waals surface area (Å²) in [4.78, 5) is 12.1. The second kappa shape index (κ2) is 7.89. The number of nitrogens with zero attached hydrogens (tertiary/aromatic N) is 1. The average molecular weight is 367 g/mol. The molecule has 0 aliphatic heterocycles. The van der Waals surface area contributed by atoms with E-state index in [0.717, 1.165) is 0 Å². The number of hydrogen-bond acceptors (Lipinski definition) is 3. The molecule has 0 aliphatic carbocycles. The van der Waals surface area contributed by atoms with Gasteiger partial charge in [0, 0.05) is 21.9 Å². The lowest BCUT2D eigenvalue weighted by Gasteiger charge is -2.07. The Morgan fingerprint density at radius 3 is 2.48 bits per heavy atom. The smallest absolute Gasteiger partial charge is 0.267 e. The first-order chi connectivity index (χ1) is 11.0. The number of carbonyl (C=O) groups is 1. The summed E-state index contributed by atoms with van der Waals surface area (Å²) in [6.07, 6.45) is 1.27. The number of amides is 1. The predicted molar refractivity (Wildman–Crippen MR) is 93.9 cm³/mol. The highest BCUT2D eigenvalue weighted by Gasteiger charge is 2.10. The summed E-state index contributed by atoms with van der Waals surface area (Å²) in [6, 6.07) is 13.3. The van der Waals surface area contributed by atoms with Gasteiger partial charge >= 0.3 is 0 Å². The Morgan fingerprint density at radius 1 is 1.09 bits per heavy atom. The van der Waals surface area contributed by atoms with Crippen LogP contribution in [0.3, 0.4) is 0 Å². The molecule has 0 bridgehead atoms. The number of nitriles is 1. The lowest BCUT2D eigenvalue weighted by molar-refractivity contribution is -0.112. The number of nitrogens with one attached hydrogen (secondary N) is 2. The number of hydrogen-bond donors (Lipinski definition) is 2. The summed E-state index contributed by atoms with van der Waals surface area (Å²) in [5.41, 5.74) is 0.906. The van der Waals surface area contributed by atoms with Gasteiger partial charge in [-0.15, -0.1) is 0 Å². The number of benzene rings is 2. The number of rotatable bonds is 4. The monoisotopic (exact) mass is 365 g/mol. The Bertz CT molecular complexity index is 812. The third kappa shape index (κ3) is 4.90. The van der Waals surface area contributed by atoms with Crippen LogP contribution in [0.2, 0.25) is 15.1 Å². The molecular weight excluding hydrogens is 357 g/mol. The van der Waals surface area contributed by atoms with Crippen LogP contribution in [-0.4, -0.2) is 5.91 Å². The van der Waals surface area contributed by atoms with Crippen molar-refractivity contribution < 1.29 is 4.79 Å². The Morgan fingerprint density at radius 2 is 1.83 bits per heavy atom. The van der Waals surface area contributed by atoms with Gasteiger partial charge in [0.15, 0.2) is 0 Å². The molecule has 4 nitrogen and oxygen atoms in total. The van der Waals surface area contributed by atoms with Gasteiger partial charge in [-0.25, -0.2) is 0 Å². The van der Waals surface area contributed by atoms with Gasteiger partial charge in [0.25, 0.3) is 5.91 Å². The Hall–Kier alpha value is -2.19. The molecule has 0 aromatic heterocycles. The number of halogens is 3. The van der Waals surface area contributed by atoms with E-state index in [-0.39, 0.29) is 5.57 Å². The molecule has 2 aromatic carbocycles. The van der Waals surface area contributed by atoms with Gasteiger partial charge in [0.1, 0.15) is 11.6 Å². The summed E-state index contributed by atoms with van der Waals surface area (Å²) in [6.45, 7) is 0. The van der Waals surface area contributed by atoms with Crippen LogP contribution in [0, 0.1) is 11.3 Å². The fourth-order valence-electron chi connectivity index (χ4n) is 1.67. The third-order valence-electron chi connectivity index (χ3n) is 2.75. The maximum atomic E-state index is 12.1. The van der Waals surface area contributed by atoms with Crippen LogP contribution in [0.4, 0.5) is 11.4 Å². The molecule has 1 amide bonds. The molecule has 0 radical (unpaired) electrons. The maximum Gasteiger partial charge on any atom is 0.267 e. The SMILES string of the molecule is N#CC(=CNc1ccc(Cl)cc1Cl)C(=O)Nc1cccc(Cl)c1. The van der Waals surface area contributed by atoms with Crippen molar-refractivity contribution in [1.29, 1.82) is 5.26 Å². The van der Waals surface area contributed by atoms with Gasteiger partial charge in [-0.2, -0.15) is 5.26 Å². The van der Waals surface area contributed by atoms with E-state index in [9.17, 15) is 4.79 Å². The molecule has 0 fully saturated rings. The lowest BCUT2D eigenvalue weighted by Crippen LogP contribution is -2.14. The van der Waals surface area contributed by atoms with Gasteiger partial charge < -0.3 is 10.6 Å². The summed E-state index contributed by atoms with van der Waals surface area (Å²) in [5, 5.41) is 15.9. The fourth-order valence-corrected chi connectivity index (χ4v) is 2.32. The quantitative estimate of drug-likeness (QED) is 0.584. The van der Waals surface area contributed by atoms with Crippen molar-refractivity contribution in [3.05, 3.63) is 69.3 Å². The second-order valence-corrected chi connectivity index (χ2v) is 5.68. The van der Waals surface area contributed by atoms with Gasteiger partial charge in [0.05, 0.1) is 10.7 Å². The molecule has 116 valence electrons. The summed E-state index contributed by atoms with van der Waals surface area (Å²) >= 11 is 17.7. The standard InChI is InChI=1S/C16H10Cl3N3O/c17-11-2-1-3-13(6-11)22-16(23)10(8-20)9-21-15-5-4-12(18)7-14(15)19/h1-7,9,21H,(H,22,23). The van der Waals surface area contributed by atoms with Crippen LogP contribution in [0.15, 0.2) is 54.2 Å². The van der Waals surface area contributed by atoms with E-state index in [1.165, 1.54) is 6.20 Å². The van der Waals surface area contributed by atoms with E-state index >= 15 is 0 Å². The molecule has 2 N–H and O–H groups in total. The molecular formula is C16H10Cl3N3O. The van der Waals surface area contributed by atoms with E-state index in [0.29, 0.717) is 26.4 Å². The van der Waals surface area contributed by atoms with Gasteiger partial charge in [-0.3, -0.25) is 4.79 Å². The Labute approximate surface area is 148 Å².